The summed E-state index contributed by atoms with van der Waals surface area (Å²) >= 11 is 0. The molecule has 1 heteroatoms. The molecule has 0 amide bonds. The molecule has 0 atom stereocenters. The minimum absolute atomic E-state index is 1.08. The van der Waals surface area contributed by atoms with Gasteiger partial charge in [0.05, 0.1) is 5.69 Å². The van der Waals surface area contributed by atoms with Crippen molar-refractivity contribution in [1.29, 1.82) is 0 Å². The highest BCUT2D eigenvalue weighted by Crippen LogP contribution is 2.47. The van der Waals surface area contributed by atoms with Crippen LogP contribution < -0.4 is 4.90 Å². The smallest absolute Gasteiger partial charge is 0.0540 e. The maximum absolute atomic E-state index is 2.43. The third kappa shape index (κ3) is 7.01. The molecule has 0 bridgehead atoms. The molecule has 278 valence electrons. The summed E-state index contributed by atoms with van der Waals surface area (Å²) in [6.45, 7) is 0. The summed E-state index contributed by atoms with van der Waals surface area (Å²) in [5.74, 6) is 0. The Balaban J connectivity index is 1.20. The number of anilines is 3. The van der Waals surface area contributed by atoms with Crippen LogP contribution in [0.3, 0.4) is 0 Å². The van der Waals surface area contributed by atoms with Crippen molar-refractivity contribution in [3.8, 4) is 66.8 Å². The first kappa shape index (κ1) is 35.7. The second-order valence-electron chi connectivity index (χ2n) is 14.9. The van der Waals surface area contributed by atoms with Crippen LogP contribution >= 0.6 is 0 Å². The van der Waals surface area contributed by atoms with Crippen molar-refractivity contribution in [2.45, 2.75) is 0 Å². The fraction of sp³-hybridized carbons (Fsp3) is 0. The van der Waals surface area contributed by atoms with Crippen LogP contribution in [-0.2, 0) is 0 Å². The first-order valence-corrected chi connectivity index (χ1v) is 20.3. The van der Waals surface area contributed by atoms with Gasteiger partial charge in [0.1, 0.15) is 0 Å². The van der Waals surface area contributed by atoms with Gasteiger partial charge in [0, 0.05) is 16.9 Å². The summed E-state index contributed by atoms with van der Waals surface area (Å²) in [5.41, 5.74) is 17.5. The van der Waals surface area contributed by atoms with Gasteiger partial charge >= 0.3 is 0 Å². The molecular weight excluding hydrogens is 711 g/mol. The van der Waals surface area contributed by atoms with Crippen molar-refractivity contribution >= 4 is 27.8 Å². The van der Waals surface area contributed by atoms with E-state index in [4.69, 9.17) is 0 Å². The Morgan fingerprint density at radius 3 is 1.29 bits per heavy atom. The Bertz CT molecular complexity index is 3030. The summed E-state index contributed by atoms with van der Waals surface area (Å²) in [5, 5.41) is 2.48. The van der Waals surface area contributed by atoms with E-state index in [2.05, 4.69) is 254 Å². The molecule has 0 N–H and O–H groups in total. The van der Waals surface area contributed by atoms with Gasteiger partial charge in [-0.2, -0.15) is 0 Å². The van der Waals surface area contributed by atoms with Crippen molar-refractivity contribution in [3.63, 3.8) is 0 Å². The fourth-order valence-corrected chi connectivity index (χ4v) is 8.57. The van der Waals surface area contributed by atoms with Crippen molar-refractivity contribution in [2.75, 3.05) is 4.90 Å². The van der Waals surface area contributed by atoms with E-state index in [-0.39, 0.29) is 0 Å². The predicted octanol–water partition coefficient (Wildman–Crippen LogP) is 16.3. The molecule has 0 aliphatic heterocycles. The van der Waals surface area contributed by atoms with E-state index in [0.29, 0.717) is 0 Å². The molecule has 0 saturated carbocycles. The quantitative estimate of drug-likeness (QED) is 0.142. The molecule has 0 radical (unpaired) electrons. The topological polar surface area (TPSA) is 3.24 Å². The molecule has 0 fully saturated rings. The van der Waals surface area contributed by atoms with Crippen LogP contribution in [0.25, 0.3) is 77.5 Å². The molecule has 0 unspecified atom stereocenters. The standard InChI is InChI=1S/C58H41N/c1-4-20-42(21-5-1)51-33-12-13-35-56(51)58-54(45-24-8-3-9-25-45)37-19-38-55(58)47-29-17-31-49(41-47)59(57-39-15-14-34-53(57)44-22-6-2-7-23-44)48-30-16-28-46(40-48)52-36-18-27-43-26-10-11-32-50(43)52/h1-41H. The van der Waals surface area contributed by atoms with Crippen LogP contribution in [0.2, 0.25) is 0 Å². The van der Waals surface area contributed by atoms with Gasteiger partial charge in [-0.15, -0.1) is 0 Å². The van der Waals surface area contributed by atoms with Gasteiger partial charge in [0.25, 0.3) is 0 Å². The lowest BCUT2D eigenvalue weighted by atomic mass is 9.84. The summed E-state index contributed by atoms with van der Waals surface area (Å²) < 4.78 is 0. The Kier molecular flexibility index (Phi) is 9.68. The Morgan fingerprint density at radius 1 is 0.237 bits per heavy atom. The molecule has 0 aliphatic rings. The minimum atomic E-state index is 1.08. The first-order valence-electron chi connectivity index (χ1n) is 20.3. The molecule has 0 aromatic heterocycles. The molecule has 0 spiro atoms. The normalized spacial score (nSPS) is 11.1. The zero-order valence-electron chi connectivity index (χ0n) is 32.6. The zero-order valence-corrected chi connectivity index (χ0v) is 32.6. The summed E-state index contributed by atoms with van der Waals surface area (Å²) in [4.78, 5) is 2.43. The lowest BCUT2D eigenvalue weighted by molar-refractivity contribution is 1.28. The Labute approximate surface area is 346 Å². The van der Waals surface area contributed by atoms with Crippen LogP contribution in [0.1, 0.15) is 0 Å². The minimum Gasteiger partial charge on any atom is -0.310 e. The van der Waals surface area contributed by atoms with Crippen molar-refractivity contribution in [1.82, 2.24) is 0 Å². The molecule has 0 aliphatic carbocycles. The second kappa shape index (κ2) is 16.0. The SMILES string of the molecule is c1ccc(-c2ccccc2-c2c(-c3ccccc3)cccc2-c2cccc(N(c3cccc(-c4cccc5ccccc45)c3)c3ccccc3-c3ccccc3)c2)cc1. The summed E-state index contributed by atoms with van der Waals surface area (Å²) in [6.07, 6.45) is 0. The van der Waals surface area contributed by atoms with Crippen molar-refractivity contribution in [2.24, 2.45) is 0 Å². The van der Waals surface area contributed by atoms with E-state index in [9.17, 15) is 0 Å². The van der Waals surface area contributed by atoms with Crippen molar-refractivity contribution in [3.05, 3.63) is 249 Å². The largest absolute Gasteiger partial charge is 0.310 e. The van der Waals surface area contributed by atoms with Gasteiger partial charge in [-0.05, 0) is 102 Å². The highest BCUT2D eigenvalue weighted by Gasteiger charge is 2.21. The van der Waals surface area contributed by atoms with Gasteiger partial charge in [0.15, 0.2) is 0 Å². The van der Waals surface area contributed by atoms with Crippen LogP contribution in [0.5, 0.6) is 0 Å². The van der Waals surface area contributed by atoms with Crippen LogP contribution in [-0.4, -0.2) is 0 Å². The predicted molar refractivity (Wildman–Crippen MR) is 251 cm³/mol. The zero-order chi connectivity index (χ0) is 39.4. The summed E-state index contributed by atoms with van der Waals surface area (Å²) in [6, 6.07) is 89.9. The lowest BCUT2D eigenvalue weighted by Gasteiger charge is -2.29. The van der Waals surface area contributed by atoms with E-state index in [1.54, 1.807) is 0 Å². The van der Waals surface area contributed by atoms with Crippen molar-refractivity contribution < 1.29 is 0 Å². The number of para-hydroxylation sites is 1. The highest BCUT2D eigenvalue weighted by molar-refractivity contribution is 6.01. The number of rotatable bonds is 9. The molecule has 0 saturated heterocycles. The number of benzene rings is 10. The van der Waals surface area contributed by atoms with Gasteiger partial charge in [-0.1, -0.05) is 218 Å². The van der Waals surface area contributed by atoms with E-state index in [1.165, 1.54) is 66.4 Å². The van der Waals surface area contributed by atoms with Gasteiger partial charge in [-0.3, -0.25) is 0 Å². The molecule has 59 heavy (non-hydrogen) atoms. The molecule has 1 nitrogen and oxygen atoms in total. The van der Waals surface area contributed by atoms with Crippen LogP contribution in [0.4, 0.5) is 17.1 Å². The van der Waals surface area contributed by atoms with Crippen LogP contribution in [0.15, 0.2) is 249 Å². The lowest BCUT2D eigenvalue weighted by Crippen LogP contribution is -2.11. The van der Waals surface area contributed by atoms with E-state index < -0.39 is 0 Å². The maximum atomic E-state index is 2.43. The average Bonchev–Trinajstić information content (AvgIpc) is 3.32. The van der Waals surface area contributed by atoms with E-state index >= 15 is 0 Å². The second-order valence-corrected chi connectivity index (χ2v) is 14.9. The maximum Gasteiger partial charge on any atom is 0.0540 e. The van der Waals surface area contributed by atoms with Gasteiger partial charge in [0.2, 0.25) is 0 Å². The number of nitrogens with zero attached hydrogens (tertiary/aromatic N) is 1. The highest BCUT2D eigenvalue weighted by atomic mass is 15.1. The Morgan fingerprint density at radius 2 is 0.627 bits per heavy atom. The number of hydrogen-bond acceptors (Lipinski definition) is 1. The third-order valence-electron chi connectivity index (χ3n) is 11.3. The van der Waals surface area contributed by atoms with Crippen LogP contribution in [0, 0.1) is 0 Å². The van der Waals surface area contributed by atoms with E-state index in [0.717, 1.165) is 28.2 Å². The molecule has 10 aromatic rings. The third-order valence-corrected chi connectivity index (χ3v) is 11.3. The van der Waals surface area contributed by atoms with Gasteiger partial charge in [-0.25, -0.2) is 0 Å². The average molecular weight is 752 g/mol. The molecule has 0 heterocycles. The van der Waals surface area contributed by atoms with Gasteiger partial charge < -0.3 is 4.90 Å². The molecule has 10 aromatic carbocycles. The number of fused-ring (bicyclic) bond motifs is 1. The first-order chi connectivity index (χ1) is 29.3. The summed E-state index contributed by atoms with van der Waals surface area (Å²) in [7, 11) is 0. The van der Waals surface area contributed by atoms with E-state index in [1.807, 2.05) is 0 Å². The molecule has 10 rings (SSSR count). The number of hydrogen-bond donors (Lipinski definition) is 0. The fourth-order valence-electron chi connectivity index (χ4n) is 8.57. The Hall–Kier alpha value is -7.74. The monoisotopic (exact) mass is 751 g/mol. The molecular formula is C58H41N.